The summed E-state index contributed by atoms with van der Waals surface area (Å²) in [5, 5.41) is 3.47. The maximum atomic E-state index is 11.0. The number of nitrogens with zero attached hydrogens (tertiary/aromatic N) is 1. The maximum Gasteiger partial charge on any atom is 0.219 e. The van der Waals surface area contributed by atoms with Crippen molar-refractivity contribution in [1.82, 2.24) is 10.2 Å². The van der Waals surface area contributed by atoms with E-state index in [-0.39, 0.29) is 11.4 Å². The molecule has 1 atom stereocenters. The summed E-state index contributed by atoms with van der Waals surface area (Å²) in [6, 6.07) is 0.390. The van der Waals surface area contributed by atoms with Gasteiger partial charge in [0.05, 0.1) is 0 Å². The van der Waals surface area contributed by atoms with E-state index in [2.05, 4.69) is 31.1 Å². The van der Waals surface area contributed by atoms with Crippen LogP contribution in [0, 0.1) is 0 Å². The number of likely N-dealkylation sites (N-methyl/N-ethyl adjacent to an activating group) is 1. The first-order valence-corrected chi connectivity index (χ1v) is 5.18. The van der Waals surface area contributed by atoms with Crippen LogP contribution in [0.4, 0.5) is 0 Å². The predicted molar refractivity (Wildman–Crippen MR) is 56.9 cm³/mol. The molecule has 0 aromatic rings. The van der Waals surface area contributed by atoms with Crippen molar-refractivity contribution in [2.45, 2.75) is 38.3 Å². The molecule has 1 saturated heterocycles. The van der Waals surface area contributed by atoms with E-state index in [0.717, 1.165) is 19.5 Å². The van der Waals surface area contributed by atoms with Crippen molar-refractivity contribution < 1.29 is 4.79 Å². The van der Waals surface area contributed by atoms with E-state index < -0.39 is 0 Å². The van der Waals surface area contributed by atoms with Gasteiger partial charge in [0.25, 0.3) is 0 Å². The molecule has 0 saturated carbocycles. The third-order valence-corrected chi connectivity index (χ3v) is 2.65. The Balaban J connectivity index is 2.64. The van der Waals surface area contributed by atoms with Crippen LogP contribution in [0.15, 0.2) is 0 Å². The minimum atomic E-state index is -0.214. The summed E-state index contributed by atoms with van der Waals surface area (Å²) in [7, 11) is 2.07. The maximum absolute atomic E-state index is 11.0. The monoisotopic (exact) mass is 199 g/mol. The van der Waals surface area contributed by atoms with Gasteiger partial charge >= 0.3 is 0 Å². The van der Waals surface area contributed by atoms with Crippen LogP contribution >= 0.6 is 0 Å². The molecule has 1 unspecified atom stereocenters. The fourth-order valence-electron chi connectivity index (χ4n) is 2.34. The highest BCUT2D eigenvalue weighted by Gasteiger charge is 2.38. The van der Waals surface area contributed by atoms with Crippen molar-refractivity contribution in [3.8, 4) is 0 Å². The van der Waals surface area contributed by atoms with Gasteiger partial charge in [-0.3, -0.25) is 4.79 Å². The lowest BCUT2D eigenvalue weighted by Crippen LogP contribution is -2.52. The van der Waals surface area contributed by atoms with Crippen LogP contribution in [0.2, 0.25) is 0 Å². The van der Waals surface area contributed by atoms with Crippen molar-refractivity contribution in [2.24, 2.45) is 5.73 Å². The molecule has 82 valence electrons. The average molecular weight is 199 g/mol. The van der Waals surface area contributed by atoms with E-state index in [9.17, 15) is 4.79 Å². The topological polar surface area (TPSA) is 58.4 Å². The summed E-state index contributed by atoms with van der Waals surface area (Å²) in [5.74, 6) is -0.214. The normalized spacial score (nSPS) is 28.6. The van der Waals surface area contributed by atoms with Gasteiger partial charge in [-0.2, -0.15) is 0 Å². The Labute approximate surface area is 85.8 Å². The Hall–Kier alpha value is -0.610. The first-order chi connectivity index (χ1) is 6.43. The first kappa shape index (κ1) is 11.5. The van der Waals surface area contributed by atoms with Gasteiger partial charge in [0.15, 0.2) is 0 Å². The zero-order chi connectivity index (χ0) is 10.8. The first-order valence-electron chi connectivity index (χ1n) is 5.18. The van der Waals surface area contributed by atoms with E-state index in [0.29, 0.717) is 12.5 Å². The highest BCUT2D eigenvalue weighted by molar-refractivity contribution is 5.75. The number of carbonyl (C=O) groups is 1. The third-order valence-electron chi connectivity index (χ3n) is 2.65. The highest BCUT2D eigenvalue weighted by Crippen LogP contribution is 2.24. The predicted octanol–water partition coefficient (Wildman–Crippen LogP) is -0.0659. The summed E-state index contributed by atoms with van der Waals surface area (Å²) in [5.41, 5.74) is 5.19. The van der Waals surface area contributed by atoms with Crippen LogP contribution in [0.1, 0.15) is 26.7 Å². The molecule has 1 aliphatic heterocycles. The lowest BCUT2D eigenvalue weighted by molar-refractivity contribution is -0.119. The Kier molecular flexibility index (Phi) is 3.50. The van der Waals surface area contributed by atoms with Gasteiger partial charge in [0, 0.05) is 24.5 Å². The Bertz CT molecular complexity index is 217. The fourth-order valence-corrected chi connectivity index (χ4v) is 2.34. The van der Waals surface area contributed by atoms with E-state index in [4.69, 9.17) is 5.73 Å². The van der Waals surface area contributed by atoms with E-state index in [1.54, 1.807) is 0 Å². The summed E-state index contributed by atoms with van der Waals surface area (Å²) in [6.45, 7) is 6.14. The lowest BCUT2D eigenvalue weighted by atomic mass is 9.93. The molecule has 0 bridgehead atoms. The van der Waals surface area contributed by atoms with Crippen molar-refractivity contribution in [3.63, 3.8) is 0 Å². The third kappa shape index (κ3) is 2.96. The van der Waals surface area contributed by atoms with Crippen molar-refractivity contribution in [1.29, 1.82) is 0 Å². The molecule has 0 aliphatic carbocycles. The van der Waals surface area contributed by atoms with Crippen LogP contribution in [0.3, 0.4) is 0 Å². The molecule has 0 radical (unpaired) electrons. The van der Waals surface area contributed by atoms with Crippen LogP contribution in [-0.4, -0.2) is 42.5 Å². The summed E-state index contributed by atoms with van der Waals surface area (Å²) in [6.07, 6.45) is 1.44. The summed E-state index contributed by atoms with van der Waals surface area (Å²) in [4.78, 5) is 13.2. The van der Waals surface area contributed by atoms with Gasteiger partial charge in [-0.1, -0.05) is 13.8 Å². The number of hydrogen-bond acceptors (Lipinski definition) is 3. The van der Waals surface area contributed by atoms with Crippen molar-refractivity contribution in [2.75, 3.05) is 20.1 Å². The number of likely N-dealkylation sites (tertiary alicyclic amines) is 1. The van der Waals surface area contributed by atoms with E-state index in [1.807, 2.05) is 0 Å². The smallest absolute Gasteiger partial charge is 0.219 e. The van der Waals surface area contributed by atoms with Crippen LogP contribution in [-0.2, 0) is 4.79 Å². The zero-order valence-electron chi connectivity index (χ0n) is 9.34. The molecule has 4 nitrogen and oxygen atoms in total. The lowest BCUT2D eigenvalue weighted by Gasteiger charge is -2.31. The van der Waals surface area contributed by atoms with Gasteiger partial charge in [-0.15, -0.1) is 0 Å². The number of primary amides is 1. The second kappa shape index (κ2) is 4.28. The molecule has 0 aromatic heterocycles. The number of nitrogens with one attached hydrogen (secondary N) is 1. The van der Waals surface area contributed by atoms with Gasteiger partial charge in [-0.05, 0) is 20.0 Å². The molecule has 1 heterocycles. The number of nitrogens with two attached hydrogens (primary N) is 1. The summed E-state index contributed by atoms with van der Waals surface area (Å²) < 4.78 is 0. The standard InChI is InChI=1S/C10H21N3O/c1-8(2)12-10(6-9(11)14)4-5-13(3)7-10/h8,12H,4-7H2,1-3H3,(H2,11,14). The minimum Gasteiger partial charge on any atom is -0.370 e. The van der Waals surface area contributed by atoms with Gasteiger partial charge in [-0.25, -0.2) is 0 Å². The SMILES string of the molecule is CC(C)NC1(CC(N)=O)CCN(C)C1. The van der Waals surface area contributed by atoms with Crippen LogP contribution < -0.4 is 11.1 Å². The van der Waals surface area contributed by atoms with Crippen molar-refractivity contribution in [3.05, 3.63) is 0 Å². The molecule has 4 heteroatoms. The van der Waals surface area contributed by atoms with E-state index >= 15 is 0 Å². The fraction of sp³-hybridized carbons (Fsp3) is 0.900. The molecule has 1 aliphatic rings. The number of carbonyl (C=O) groups excluding carboxylic acids is 1. The Morgan fingerprint density at radius 2 is 2.29 bits per heavy atom. The number of hydrogen-bond donors (Lipinski definition) is 2. The summed E-state index contributed by atoms with van der Waals surface area (Å²) >= 11 is 0. The Morgan fingerprint density at radius 1 is 1.64 bits per heavy atom. The van der Waals surface area contributed by atoms with Gasteiger partial charge in [0.1, 0.15) is 0 Å². The Morgan fingerprint density at radius 3 is 2.64 bits per heavy atom. The molecule has 1 amide bonds. The molecular formula is C10H21N3O. The number of amides is 1. The largest absolute Gasteiger partial charge is 0.370 e. The average Bonchev–Trinajstić information content (AvgIpc) is 2.28. The molecule has 14 heavy (non-hydrogen) atoms. The van der Waals surface area contributed by atoms with Gasteiger partial charge in [0.2, 0.25) is 5.91 Å². The molecule has 1 rings (SSSR count). The molecule has 1 fully saturated rings. The van der Waals surface area contributed by atoms with Crippen LogP contribution in [0.5, 0.6) is 0 Å². The number of rotatable bonds is 4. The highest BCUT2D eigenvalue weighted by atomic mass is 16.1. The molecular weight excluding hydrogens is 178 g/mol. The quantitative estimate of drug-likeness (QED) is 0.666. The zero-order valence-corrected chi connectivity index (χ0v) is 9.34. The van der Waals surface area contributed by atoms with Crippen molar-refractivity contribution >= 4 is 5.91 Å². The van der Waals surface area contributed by atoms with Gasteiger partial charge < -0.3 is 16.0 Å². The molecule has 0 aromatic carbocycles. The molecule has 3 N–H and O–H groups in total. The minimum absolute atomic E-state index is 0.0885. The second-order valence-electron chi connectivity index (χ2n) is 4.71. The molecule has 0 spiro atoms. The van der Waals surface area contributed by atoms with Crippen LogP contribution in [0.25, 0.3) is 0 Å². The van der Waals surface area contributed by atoms with E-state index in [1.165, 1.54) is 0 Å². The second-order valence-corrected chi connectivity index (χ2v) is 4.71.